The smallest absolute Gasteiger partial charge is 0.334 e. The lowest BCUT2D eigenvalue weighted by Crippen LogP contribution is -2.49. The number of benzene rings is 1. The number of amides is 1. The van der Waals surface area contributed by atoms with Gasteiger partial charge in [-0.1, -0.05) is 6.07 Å². The molecular weight excluding hydrogens is 290 g/mol. The Hall–Kier alpha value is -2.28. The number of aliphatic carboxylic acids is 1. The molecule has 0 aromatic heterocycles. The number of hydrogen-bond acceptors (Lipinski definition) is 5. The van der Waals surface area contributed by atoms with E-state index in [1.54, 1.807) is 6.07 Å². The lowest BCUT2D eigenvalue weighted by atomic mass is 10.2. The zero-order chi connectivity index (χ0) is 16.1. The molecule has 7 nitrogen and oxygen atoms in total. The minimum Gasteiger partial charge on any atom is -0.493 e. The number of nitrogens with zero attached hydrogens (tertiary/aromatic N) is 1. The first-order valence-corrected chi connectivity index (χ1v) is 6.91. The number of methoxy groups -OCH3 is 1. The van der Waals surface area contributed by atoms with Gasteiger partial charge in [0.1, 0.15) is 0 Å². The summed E-state index contributed by atoms with van der Waals surface area (Å²) in [6, 6.07) is 5.41. The van der Waals surface area contributed by atoms with Gasteiger partial charge in [0.25, 0.3) is 5.91 Å². The maximum Gasteiger partial charge on any atom is 0.334 e. The summed E-state index contributed by atoms with van der Waals surface area (Å²) in [5.74, 6) is -0.321. The Kier molecular flexibility index (Phi) is 5.21. The Morgan fingerprint density at radius 2 is 2.18 bits per heavy atom. The Morgan fingerprint density at radius 1 is 1.41 bits per heavy atom. The summed E-state index contributed by atoms with van der Waals surface area (Å²) >= 11 is 0. The summed E-state index contributed by atoms with van der Waals surface area (Å²) in [5, 5.41) is 8.93. The van der Waals surface area contributed by atoms with E-state index < -0.39 is 12.1 Å². The predicted octanol–water partition coefficient (Wildman–Crippen LogP) is 0.694. The minimum absolute atomic E-state index is 0.0303. The highest BCUT2D eigenvalue weighted by Gasteiger charge is 2.29. The van der Waals surface area contributed by atoms with E-state index in [0.29, 0.717) is 18.0 Å². The molecule has 0 unspecified atom stereocenters. The van der Waals surface area contributed by atoms with Crippen molar-refractivity contribution in [2.24, 2.45) is 0 Å². The monoisotopic (exact) mass is 309 g/mol. The van der Waals surface area contributed by atoms with Gasteiger partial charge in [0, 0.05) is 6.54 Å². The normalized spacial score (nSPS) is 17.9. The fourth-order valence-corrected chi connectivity index (χ4v) is 2.15. The zero-order valence-corrected chi connectivity index (χ0v) is 12.6. The van der Waals surface area contributed by atoms with Gasteiger partial charge < -0.3 is 24.2 Å². The molecule has 1 atom stereocenters. The van der Waals surface area contributed by atoms with Gasteiger partial charge in [0.05, 0.1) is 20.3 Å². The Labute approximate surface area is 128 Å². The predicted molar refractivity (Wildman–Crippen MR) is 77.2 cm³/mol. The van der Waals surface area contributed by atoms with Gasteiger partial charge in [0.2, 0.25) is 0 Å². The van der Waals surface area contributed by atoms with Crippen LogP contribution in [0.25, 0.3) is 0 Å². The van der Waals surface area contributed by atoms with Crippen LogP contribution in [-0.4, -0.2) is 61.4 Å². The summed E-state index contributed by atoms with van der Waals surface area (Å²) in [6.45, 7) is 2.35. The van der Waals surface area contributed by atoms with E-state index in [1.165, 1.54) is 12.0 Å². The molecule has 1 fully saturated rings. The lowest BCUT2D eigenvalue weighted by molar-refractivity contribution is -0.159. The van der Waals surface area contributed by atoms with Crippen LogP contribution < -0.4 is 9.47 Å². The number of carbonyl (C=O) groups excluding carboxylic acids is 1. The van der Waals surface area contributed by atoms with Gasteiger partial charge in [-0.25, -0.2) is 4.79 Å². The third-order valence-corrected chi connectivity index (χ3v) is 3.36. The Morgan fingerprint density at radius 3 is 2.86 bits per heavy atom. The molecule has 1 heterocycles. The Balaban J connectivity index is 1.94. The van der Waals surface area contributed by atoms with Crippen LogP contribution in [0.4, 0.5) is 0 Å². The molecule has 0 radical (unpaired) electrons. The largest absolute Gasteiger partial charge is 0.493 e. The highest BCUT2D eigenvalue weighted by atomic mass is 16.5. The van der Waals surface area contributed by atoms with Crippen LogP contribution in [0, 0.1) is 6.92 Å². The van der Waals surface area contributed by atoms with Gasteiger partial charge in [-0.15, -0.1) is 0 Å². The molecule has 120 valence electrons. The summed E-state index contributed by atoms with van der Waals surface area (Å²) < 4.78 is 15.8. The molecule has 7 heteroatoms. The van der Waals surface area contributed by atoms with Crippen molar-refractivity contribution in [1.29, 1.82) is 0 Å². The van der Waals surface area contributed by atoms with Crippen LogP contribution in [0.3, 0.4) is 0 Å². The van der Waals surface area contributed by atoms with E-state index in [0.717, 1.165) is 5.56 Å². The van der Waals surface area contributed by atoms with Crippen molar-refractivity contribution in [3.05, 3.63) is 23.8 Å². The summed E-state index contributed by atoms with van der Waals surface area (Å²) in [7, 11) is 1.53. The van der Waals surface area contributed by atoms with Crippen LogP contribution in [0.15, 0.2) is 18.2 Å². The maximum atomic E-state index is 12.1. The summed E-state index contributed by atoms with van der Waals surface area (Å²) in [4.78, 5) is 24.5. The average molecular weight is 309 g/mol. The molecule has 0 aliphatic carbocycles. The second-order valence-corrected chi connectivity index (χ2v) is 4.98. The van der Waals surface area contributed by atoms with Crippen molar-refractivity contribution in [2.45, 2.75) is 13.0 Å². The van der Waals surface area contributed by atoms with E-state index in [1.807, 2.05) is 19.1 Å². The van der Waals surface area contributed by atoms with E-state index in [4.69, 9.17) is 19.3 Å². The van der Waals surface area contributed by atoms with Crippen molar-refractivity contribution in [1.82, 2.24) is 4.90 Å². The molecule has 0 bridgehead atoms. The van der Waals surface area contributed by atoms with Crippen molar-refractivity contribution in [2.75, 3.05) is 33.4 Å². The number of aryl methyl sites for hydroxylation is 1. The van der Waals surface area contributed by atoms with Crippen LogP contribution in [-0.2, 0) is 14.3 Å². The number of hydrogen-bond donors (Lipinski definition) is 1. The number of morpholine rings is 1. The topological polar surface area (TPSA) is 85.3 Å². The molecule has 0 spiro atoms. The Bertz CT molecular complexity index is 559. The number of carboxylic acids is 1. The molecule has 0 saturated carbocycles. The van der Waals surface area contributed by atoms with Gasteiger partial charge in [-0.05, 0) is 24.6 Å². The maximum absolute atomic E-state index is 12.1. The lowest BCUT2D eigenvalue weighted by Gasteiger charge is -2.30. The highest BCUT2D eigenvalue weighted by Crippen LogP contribution is 2.27. The third-order valence-electron chi connectivity index (χ3n) is 3.36. The molecule has 1 aromatic rings. The second kappa shape index (κ2) is 7.13. The van der Waals surface area contributed by atoms with Crippen molar-refractivity contribution in [3.8, 4) is 11.5 Å². The fraction of sp³-hybridized carbons (Fsp3) is 0.467. The number of ether oxygens (including phenoxy) is 3. The van der Waals surface area contributed by atoms with E-state index >= 15 is 0 Å². The molecule has 1 aliphatic heterocycles. The first kappa shape index (κ1) is 16.1. The van der Waals surface area contributed by atoms with E-state index in [9.17, 15) is 9.59 Å². The third kappa shape index (κ3) is 3.88. The average Bonchev–Trinajstić information content (AvgIpc) is 2.53. The fourth-order valence-electron chi connectivity index (χ4n) is 2.15. The molecule has 1 amide bonds. The molecule has 2 rings (SSSR count). The first-order valence-electron chi connectivity index (χ1n) is 6.91. The van der Waals surface area contributed by atoms with Crippen LogP contribution in [0.5, 0.6) is 11.5 Å². The van der Waals surface area contributed by atoms with Crippen LogP contribution >= 0.6 is 0 Å². The molecule has 1 saturated heterocycles. The standard InChI is InChI=1S/C15H19NO6/c1-10-3-4-11(12(7-10)20-2)22-9-14(17)16-5-6-21-13(8-16)15(18)19/h3-4,7,13H,5-6,8-9H2,1-2H3,(H,18,19)/t13-/m0/s1. The quantitative estimate of drug-likeness (QED) is 0.861. The SMILES string of the molecule is COc1cc(C)ccc1OCC(=O)N1CCO[C@H](C(=O)O)C1. The zero-order valence-electron chi connectivity index (χ0n) is 12.6. The molecule has 1 aliphatic rings. The molecule has 1 N–H and O–H groups in total. The van der Waals surface area contributed by atoms with Crippen molar-refractivity contribution >= 4 is 11.9 Å². The number of carboxylic acid groups (broad SMARTS) is 1. The second-order valence-electron chi connectivity index (χ2n) is 4.98. The minimum atomic E-state index is -1.07. The molecule has 22 heavy (non-hydrogen) atoms. The first-order chi connectivity index (χ1) is 10.5. The number of rotatable bonds is 5. The van der Waals surface area contributed by atoms with E-state index in [2.05, 4.69) is 0 Å². The van der Waals surface area contributed by atoms with Crippen molar-refractivity contribution in [3.63, 3.8) is 0 Å². The van der Waals surface area contributed by atoms with Gasteiger partial charge >= 0.3 is 5.97 Å². The molecular formula is C15H19NO6. The van der Waals surface area contributed by atoms with Gasteiger partial charge in [0.15, 0.2) is 24.2 Å². The molecule has 1 aromatic carbocycles. The van der Waals surface area contributed by atoms with Crippen LogP contribution in [0.2, 0.25) is 0 Å². The highest BCUT2D eigenvalue weighted by molar-refractivity contribution is 5.80. The number of carbonyl (C=O) groups is 2. The van der Waals surface area contributed by atoms with Gasteiger partial charge in [-0.3, -0.25) is 4.79 Å². The van der Waals surface area contributed by atoms with Gasteiger partial charge in [-0.2, -0.15) is 0 Å². The van der Waals surface area contributed by atoms with Crippen LogP contribution in [0.1, 0.15) is 5.56 Å². The summed E-state index contributed by atoms with van der Waals surface area (Å²) in [6.07, 6.45) is -0.980. The van der Waals surface area contributed by atoms with Crippen molar-refractivity contribution < 1.29 is 28.9 Å². The van der Waals surface area contributed by atoms with E-state index in [-0.39, 0.29) is 25.7 Å². The summed E-state index contributed by atoms with van der Waals surface area (Å²) in [5.41, 5.74) is 1.02.